The molecule has 2 heterocycles. The highest BCUT2D eigenvalue weighted by molar-refractivity contribution is 5.88. The Morgan fingerprint density at radius 2 is 1.94 bits per heavy atom. The van der Waals surface area contributed by atoms with Crippen molar-refractivity contribution in [2.75, 3.05) is 0 Å². The second-order valence-corrected chi connectivity index (χ2v) is 9.40. The van der Waals surface area contributed by atoms with Crippen molar-refractivity contribution in [3.8, 4) is 5.75 Å². The third-order valence-electron chi connectivity index (χ3n) is 7.66. The average molecular weight is 441 g/mol. The number of rotatable bonds is 4. The molecule has 9 heteroatoms. The fourth-order valence-corrected chi connectivity index (χ4v) is 5.18. The second kappa shape index (κ2) is 7.65. The Balaban J connectivity index is 1.76. The van der Waals surface area contributed by atoms with Gasteiger partial charge < -0.3 is 20.3 Å². The average Bonchev–Trinajstić information content (AvgIpc) is 2.94. The molecule has 32 heavy (non-hydrogen) atoms. The van der Waals surface area contributed by atoms with Gasteiger partial charge in [-0.15, -0.1) is 0 Å². The predicted molar refractivity (Wildman–Crippen MR) is 114 cm³/mol. The van der Waals surface area contributed by atoms with Gasteiger partial charge in [0, 0.05) is 12.0 Å². The Labute approximate surface area is 185 Å². The lowest BCUT2D eigenvalue weighted by Gasteiger charge is -2.44. The molecule has 2 bridgehead atoms. The van der Waals surface area contributed by atoms with Gasteiger partial charge in [-0.3, -0.25) is 9.36 Å². The van der Waals surface area contributed by atoms with Crippen LogP contribution in [-0.4, -0.2) is 31.8 Å². The van der Waals surface area contributed by atoms with Crippen molar-refractivity contribution < 1.29 is 24.5 Å². The lowest BCUT2D eigenvalue weighted by molar-refractivity contribution is 0.0459. The minimum absolute atomic E-state index is 0.0678. The zero-order valence-electron chi connectivity index (χ0n) is 18.3. The predicted octanol–water partition coefficient (Wildman–Crippen LogP) is 3.07. The maximum atomic E-state index is 12.9. The first-order valence-corrected chi connectivity index (χ1v) is 10.6. The number of hydrogen-bond acceptors (Lipinski definition) is 6. The summed E-state index contributed by atoms with van der Waals surface area (Å²) in [6.07, 6.45) is 0.897. The van der Waals surface area contributed by atoms with Crippen molar-refractivity contribution in [1.82, 2.24) is 14.9 Å². The van der Waals surface area contributed by atoms with Crippen LogP contribution in [0.1, 0.15) is 61.5 Å². The van der Waals surface area contributed by atoms with Gasteiger partial charge in [0.15, 0.2) is 5.69 Å². The molecule has 1 amide bonds. The zero-order chi connectivity index (χ0) is 23.3. The highest BCUT2D eigenvalue weighted by atomic mass is 16.5. The minimum atomic E-state index is -1.51. The Kier molecular flexibility index (Phi) is 5.22. The second-order valence-electron chi connectivity index (χ2n) is 9.40. The Morgan fingerprint density at radius 1 is 1.25 bits per heavy atom. The van der Waals surface area contributed by atoms with E-state index in [1.165, 1.54) is 4.57 Å². The van der Waals surface area contributed by atoms with Crippen molar-refractivity contribution in [1.29, 1.82) is 0 Å². The van der Waals surface area contributed by atoms with Crippen molar-refractivity contribution in [3.05, 3.63) is 57.8 Å². The number of nitrogens with zero attached hydrogens (tertiary/aromatic N) is 2. The number of nitrogens with one attached hydrogen (secondary N) is 1. The number of ether oxygens (including phenoxy) is 1. The summed E-state index contributed by atoms with van der Waals surface area (Å²) in [6.45, 7) is 6.55. The number of carboxylic acids is 1. The summed E-state index contributed by atoms with van der Waals surface area (Å²) in [5.41, 5.74) is -1.53. The molecule has 0 radical (unpaired) electrons. The summed E-state index contributed by atoms with van der Waals surface area (Å²) in [4.78, 5) is 41.5. The van der Waals surface area contributed by atoms with Gasteiger partial charge in [0.05, 0.1) is 6.04 Å². The van der Waals surface area contributed by atoms with Crippen LogP contribution in [0.15, 0.2) is 35.1 Å². The van der Waals surface area contributed by atoms with Gasteiger partial charge in [-0.05, 0) is 29.7 Å². The number of aromatic hydroxyl groups is 1. The first-order valence-electron chi connectivity index (χ1n) is 10.6. The summed E-state index contributed by atoms with van der Waals surface area (Å²) >= 11 is 0. The molecule has 4 rings (SSSR count). The van der Waals surface area contributed by atoms with Crippen molar-refractivity contribution in [2.45, 2.75) is 52.8 Å². The molecule has 1 aliphatic carbocycles. The molecule has 1 saturated carbocycles. The van der Waals surface area contributed by atoms with E-state index in [0.29, 0.717) is 0 Å². The Morgan fingerprint density at radius 3 is 2.59 bits per heavy atom. The summed E-state index contributed by atoms with van der Waals surface area (Å²) < 4.78 is 6.71. The quantitative estimate of drug-likeness (QED) is 0.664. The van der Waals surface area contributed by atoms with Crippen LogP contribution >= 0.6 is 0 Å². The molecule has 1 aliphatic heterocycles. The van der Waals surface area contributed by atoms with Gasteiger partial charge in [-0.1, -0.05) is 51.1 Å². The van der Waals surface area contributed by atoms with Gasteiger partial charge in [0.1, 0.15) is 12.4 Å². The van der Waals surface area contributed by atoms with E-state index in [1.807, 2.05) is 37.3 Å². The Hall–Kier alpha value is -3.36. The van der Waals surface area contributed by atoms with Crippen LogP contribution in [0.5, 0.6) is 5.75 Å². The number of benzene rings is 1. The van der Waals surface area contributed by atoms with Gasteiger partial charge >= 0.3 is 12.1 Å². The summed E-state index contributed by atoms with van der Waals surface area (Å²) in [6, 6.07) is 8.45. The van der Waals surface area contributed by atoms with Crippen molar-refractivity contribution >= 4 is 12.1 Å². The lowest BCUT2D eigenvalue weighted by atomic mass is 9.62. The van der Waals surface area contributed by atoms with Crippen LogP contribution < -0.4 is 10.9 Å². The fraction of sp³-hybridized carbons (Fsp3) is 0.478. The number of carbonyl (C=O) groups excluding carboxylic acids is 1. The topological polar surface area (TPSA) is 131 Å². The first kappa shape index (κ1) is 21.9. The number of fused-ring (bicyclic) bond motifs is 3. The van der Waals surface area contributed by atoms with Gasteiger partial charge in [0.2, 0.25) is 5.75 Å². The molecule has 1 fully saturated rings. The number of alkyl carbamates (subject to hydrolysis) is 1. The largest absolute Gasteiger partial charge is 0.501 e. The van der Waals surface area contributed by atoms with Crippen molar-refractivity contribution in [3.63, 3.8) is 0 Å². The van der Waals surface area contributed by atoms with Crippen LogP contribution in [0, 0.1) is 16.7 Å². The third kappa shape index (κ3) is 3.32. The van der Waals surface area contributed by atoms with Crippen LogP contribution in [0.2, 0.25) is 0 Å². The number of carboxylic acid groups (broad SMARTS) is 1. The van der Waals surface area contributed by atoms with Crippen LogP contribution in [-0.2, 0) is 17.9 Å². The van der Waals surface area contributed by atoms with Crippen LogP contribution in [0.4, 0.5) is 4.79 Å². The minimum Gasteiger partial charge on any atom is -0.501 e. The molecule has 2 aromatic rings. The maximum Gasteiger partial charge on any atom is 0.408 e. The van der Waals surface area contributed by atoms with E-state index >= 15 is 0 Å². The lowest BCUT2D eigenvalue weighted by Crippen LogP contribution is -2.46. The molecule has 3 N–H and O–H groups in total. The Bertz CT molecular complexity index is 1130. The SMILES string of the molecule is CC1(C)[C@@H]2CC[C@@]1(C)C(NC(=O)OCc1ccccc1)c1nc(C(=O)O)c(O)c(=O)n1C2. The summed E-state index contributed by atoms with van der Waals surface area (Å²) in [7, 11) is 0. The molecule has 0 spiro atoms. The van der Waals surface area contributed by atoms with E-state index in [9.17, 15) is 24.6 Å². The molecule has 2 aliphatic rings. The number of aromatic carboxylic acids is 1. The normalized spacial score (nSPS) is 25.5. The number of hydrogen-bond donors (Lipinski definition) is 3. The number of carbonyl (C=O) groups is 2. The highest BCUT2D eigenvalue weighted by Crippen LogP contribution is 2.62. The maximum absolute atomic E-state index is 12.9. The summed E-state index contributed by atoms with van der Waals surface area (Å²) in [5, 5.41) is 22.5. The molecule has 1 unspecified atom stereocenters. The first-order chi connectivity index (χ1) is 15.1. The highest BCUT2D eigenvalue weighted by Gasteiger charge is 2.59. The van der Waals surface area contributed by atoms with Crippen LogP contribution in [0.3, 0.4) is 0 Å². The van der Waals surface area contributed by atoms with E-state index < -0.39 is 40.5 Å². The summed E-state index contributed by atoms with van der Waals surface area (Å²) in [5.74, 6) is -2.19. The third-order valence-corrected chi connectivity index (χ3v) is 7.66. The van der Waals surface area contributed by atoms with Gasteiger partial charge in [-0.25, -0.2) is 14.6 Å². The molecule has 3 atom stereocenters. The van der Waals surface area contributed by atoms with Gasteiger partial charge in [0.25, 0.3) is 5.56 Å². The van der Waals surface area contributed by atoms with E-state index in [0.717, 1.165) is 18.4 Å². The number of amides is 1. The molecular formula is C23H27N3O6. The standard InChI is InChI=1S/C23H27N3O6/c1-22(2)14-9-10-23(22,3)17(25-21(31)32-12-13-7-5-4-6-8-13)18-24-15(20(29)30)16(27)19(28)26(18)11-14/h4-8,14,17,27H,9-12H2,1-3H3,(H,25,31)(H,29,30)/t14-,17?,23+/m1/s1. The molecule has 0 saturated heterocycles. The van der Waals surface area contributed by atoms with E-state index in [1.54, 1.807) is 0 Å². The molecule has 1 aromatic carbocycles. The van der Waals surface area contributed by atoms with E-state index in [-0.39, 0.29) is 30.3 Å². The van der Waals surface area contributed by atoms with Gasteiger partial charge in [-0.2, -0.15) is 0 Å². The molecule has 9 nitrogen and oxygen atoms in total. The molecular weight excluding hydrogens is 414 g/mol. The zero-order valence-corrected chi connectivity index (χ0v) is 18.3. The van der Waals surface area contributed by atoms with Crippen molar-refractivity contribution in [2.24, 2.45) is 16.7 Å². The van der Waals surface area contributed by atoms with E-state index in [2.05, 4.69) is 24.1 Å². The molecule has 170 valence electrons. The fourth-order valence-electron chi connectivity index (χ4n) is 5.18. The molecule has 1 aromatic heterocycles. The smallest absolute Gasteiger partial charge is 0.408 e. The monoisotopic (exact) mass is 441 g/mol. The van der Waals surface area contributed by atoms with Crippen LogP contribution in [0.25, 0.3) is 0 Å². The van der Waals surface area contributed by atoms with E-state index in [4.69, 9.17) is 4.74 Å². The number of aromatic nitrogens is 2.